The molecule has 0 saturated carbocycles. The molecule has 1 aliphatic rings. The van der Waals surface area contributed by atoms with E-state index >= 15 is 0 Å². The summed E-state index contributed by atoms with van der Waals surface area (Å²) in [5.41, 5.74) is 0.785. The number of methoxy groups -OCH3 is 1. The van der Waals surface area contributed by atoms with Crippen LogP contribution in [0.2, 0.25) is 0 Å². The molecule has 45 heavy (non-hydrogen) atoms. The number of hydrogen-bond acceptors (Lipinski definition) is 9. The Morgan fingerprint density at radius 3 is 2.31 bits per heavy atom. The molecule has 1 aliphatic heterocycles. The lowest BCUT2D eigenvalue weighted by atomic mass is 10.0. The fourth-order valence-electron chi connectivity index (χ4n) is 4.71. The molecule has 0 unspecified atom stereocenters. The molecule has 14 nitrogen and oxygen atoms in total. The van der Waals surface area contributed by atoms with Gasteiger partial charge in [0.25, 0.3) is 15.9 Å². The van der Waals surface area contributed by atoms with E-state index in [9.17, 15) is 37.5 Å². The number of nitrogens with one attached hydrogen (secondary N) is 2. The number of carbonyl (C=O) groups excluding carboxylic acids is 4. The van der Waals surface area contributed by atoms with Gasteiger partial charge in [-0.25, -0.2) is 17.5 Å². The van der Waals surface area contributed by atoms with Crippen molar-refractivity contribution in [1.82, 2.24) is 19.8 Å². The van der Waals surface area contributed by atoms with Crippen molar-refractivity contribution in [1.29, 1.82) is 0 Å². The van der Waals surface area contributed by atoms with Crippen LogP contribution in [-0.2, 0) is 40.5 Å². The number of carboxylic acid groups (broad SMARTS) is 1. The Hall–Kier alpha value is -4.66. The van der Waals surface area contributed by atoms with Gasteiger partial charge in [-0.3, -0.25) is 24.1 Å². The largest absolute Gasteiger partial charge is 0.497 e. The van der Waals surface area contributed by atoms with Crippen molar-refractivity contribution in [2.45, 2.75) is 56.7 Å². The molecule has 244 valence electrons. The first-order valence-corrected chi connectivity index (χ1v) is 15.7. The van der Waals surface area contributed by atoms with Crippen LogP contribution in [0.15, 0.2) is 59.5 Å². The Balaban J connectivity index is 1.66. The number of likely N-dealkylation sites (tertiary alicyclic amines) is 1. The van der Waals surface area contributed by atoms with Gasteiger partial charge in [-0.15, -0.1) is 0 Å². The van der Waals surface area contributed by atoms with E-state index in [-0.39, 0.29) is 28.1 Å². The number of aliphatic carboxylic acids is 1. The van der Waals surface area contributed by atoms with Crippen LogP contribution in [0.1, 0.15) is 38.7 Å². The molecule has 2 aromatic carbocycles. The van der Waals surface area contributed by atoms with Gasteiger partial charge in [0.15, 0.2) is 0 Å². The number of rotatable bonds is 14. The van der Waals surface area contributed by atoms with E-state index in [0.717, 1.165) is 17.7 Å². The minimum absolute atomic E-state index is 0.0317. The molecule has 0 aromatic heterocycles. The Bertz CT molecular complexity index is 1470. The number of nitrogens with zero attached hydrogens (tertiary/aromatic N) is 2. The molecule has 2 aromatic rings. The van der Waals surface area contributed by atoms with E-state index in [2.05, 4.69) is 10.6 Å². The number of ether oxygens (including phenoxy) is 2. The number of carboxylic acids is 1. The summed E-state index contributed by atoms with van der Waals surface area (Å²) in [4.78, 5) is 64.6. The maximum Gasteiger partial charge on any atom is 0.410 e. The van der Waals surface area contributed by atoms with E-state index in [0.29, 0.717) is 25.1 Å². The van der Waals surface area contributed by atoms with Crippen LogP contribution in [0.4, 0.5) is 4.79 Å². The lowest BCUT2D eigenvalue weighted by Gasteiger charge is -2.27. The highest BCUT2D eigenvalue weighted by Gasteiger charge is 2.37. The van der Waals surface area contributed by atoms with E-state index in [1.54, 1.807) is 12.1 Å². The zero-order chi connectivity index (χ0) is 33.1. The monoisotopic (exact) mass is 646 g/mol. The van der Waals surface area contributed by atoms with Gasteiger partial charge in [-0.2, -0.15) is 0 Å². The third-order valence-corrected chi connectivity index (χ3v) is 8.73. The summed E-state index contributed by atoms with van der Waals surface area (Å²) >= 11 is 0. The Morgan fingerprint density at radius 2 is 1.71 bits per heavy atom. The normalized spacial score (nSPS) is 15.2. The number of carbonyl (C=O) groups is 5. The van der Waals surface area contributed by atoms with Crippen molar-refractivity contribution in [3.05, 3.63) is 60.2 Å². The van der Waals surface area contributed by atoms with Gasteiger partial charge in [0.2, 0.25) is 11.8 Å². The highest BCUT2D eigenvalue weighted by Crippen LogP contribution is 2.21. The van der Waals surface area contributed by atoms with Crippen LogP contribution in [0, 0.1) is 5.92 Å². The smallest absolute Gasteiger partial charge is 0.410 e. The van der Waals surface area contributed by atoms with Crippen molar-refractivity contribution in [2.75, 3.05) is 26.7 Å². The van der Waals surface area contributed by atoms with E-state index in [4.69, 9.17) is 9.47 Å². The Labute approximate surface area is 261 Å². The average Bonchev–Trinajstić information content (AvgIpc) is 3.51. The number of hydrogen-bond donors (Lipinski definition) is 3. The van der Waals surface area contributed by atoms with E-state index in [1.807, 2.05) is 32.0 Å². The van der Waals surface area contributed by atoms with Crippen LogP contribution in [0.25, 0.3) is 0 Å². The molecule has 15 heteroatoms. The molecular weight excluding hydrogens is 608 g/mol. The maximum absolute atomic E-state index is 13.3. The average molecular weight is 647 g/mol. The topological polar surface area (TPSA) is 189 Å². The maximum atomic E-state index is 13.3. The summed E-state index contributed by atoms with van der Waals surface area (Å²) in [6, 6.07) is 12.1. The first-order valence-electron chi connectivity index (χ1n) is 14.3. The molecule has 1 saturated heterocycles. The van der Waals surface area contributed by atoms with Crippen molar-refractivity contribution in [3.63, 3.8) is 0 Å². The highest BCUT2D eigenvalue weighted by molar-refractivity contribution is 7.89. The molecule has 2 atom stereocenters. The minimum Gasteiger partial charge on any atom is -0.497 e. The fourth-order valence-corrected chi connectivity index (χ4v) is 6.06. The molecule has 0 bridgehead atoms. The van der Waals surface area contributed by atoms with Gasteiger partial charge in [0.1, 0.15) is 31.0 Å². The summed E-state index contributed by atoms with van der Waals surface area (Å²) in [5.74, 6) is -3.87. The summed E-state index contributed by atoms with van der Waals surface area (Å²) in [6.07, 6.45) is 0.410. The highest BCUT2D eigenvalue weighted by atomic mass is 32.2. The Kier molecular flexibility index (Phi) is 12.3. The van der Waals surface area contributed by atoms with E-state index < -0.39 is 65.0 Å². The second kappa shape index (κ2) is 15.9. The molecule has 4 amide bonds. The molecule has 0 radical (unpaired) electrons. The van der Waals surface area contributed by atoms with Crippen molar-refractivity contribution in [2.24, 2.45) is 5.92 Å². The number of amides is 4. The van der Waals surface area contributed by atoms with Crippen molar-refractivity contribution < 1.29 is 47.0 Å². The first-order chi connectivity index (χ1) is 21.3. The third-order valence-electron chi connectivity index (χ3n) is 6.95. The molecule has 0 aliphatic carbocycles. The van der Waals surface area contributed by atoms with Crippen molar-refractivity contribution in [3.8, 4) is 5.75 Å². The second-order valence-electron chi connectivity index (χ2n) is 10.8. The summed E-state index contributed by atoms with van der Waals surface area (Å²) in [6.45, 7) is 1.93. The van der Waals surface area contributed by atoms with Crippen LogP contribution in [0.3, 0.4) is 0 Å². The predicted molar refractivity (Wildman–Crippen MR) is 160 cm³/mol. The molecule has 1 fully saturated rings. The SMILES string of the molecule is COc1ccc(S(=O)(=O)N(CC(=O)O)C(=O)CNC(=O)[C@H](CC(C)C)NC(=O)[C@@H]2CCCN2C(=O)OCc2ccccc2)cc1. The molecule has 3 rings (SSSR count). The second-order valence-corrected chi connectivity index (χ2v) is 12.6. The molecular formula is C30H38N4O10S. The van der Waals surface area contributed by atoms with Crippen LogP contribution in [-0.4, -0.2) is 91.3 Å². The fraction of sp³-hybridized carbons (Fsp3) is 0.433. The van der Waals surface area contributed by atoms with Crippen molar-refractivity contribution >= 4 is 39.8 Å². The summed E-state index contributed by atoms with van der Waals surface area (Å²) < 4.78 is 36.8. The molecule has 1 heterocycles. The molecule has 3 N–H and O–H groups in total. The van der Waals surface area contributed by atoms with Gasteiger partial charge in [0.05, 0.1) is 18.6 Å². The number of sulfonamides is 1. The van der Waals surface area contributed by atoms with Gasteiger partial charge >= 0.3 is 12.1 Å². The summed E-state index contributed by atoms with van der Waals surface area (Å²) in [7, 11) is -3.22. The van der Waals surface area contributed by atoms with Gasteiger partial charge in [-0.05, 0) is 55.0 Å². The van der Waals surface area contributed by atoms with Crippen LogP contribution >= 0.6 is 0 Å². The predicted octanol–water partition coefficient (Wildman–Crippen LogP) is 1.75. The lowest BCUT2D eigenvalue weighted by molar-refractivity contribution is -0.141. The standard InChI is InChI=1S/C30H38N4O10S/c1-20(2)16-24(32-29(39)25-10-7-15-33(25)30(40)44-19-21-8-5-4-6-9-21)28(38)31-17-26(35)34(18-27(36)37)45(41,42)23-13-11-22(43-3)12-14-23/h4-6,8-9,11-14,20,24-25H,7,10,15-19H2,1-3H3,(H,31,38)(H,32,39)(H,36,37)/t24-,25-/m0/s1. The quantitative estimate of drug-likeness (QED) is 0.273. The van der Waals surface area contributed by atoms with E-state index in [1.165, 1.54) is 24.1 Å². The lowest BCUT2D eigenvalue weighted by Crippen LogP contribution is -2.54. The van der Waals surface area contributed by atoms with Gasteiger partial charge in [0, 0.05) is 6.54 Å². The summed E-state index contributed by atoms with van der Waals surface area (Å²) in [5, 5.41) is 14.3. The minimum atomic E-state index is -4.60. The van der Waals surface area contributed by atoms with Crippen LogP contribution < -0.4 is 15.4 Å². The third kappa shape index (κ3) is 9.66. The zero-order valence-corrected chi connectivity index (χ0v) is 26.1. The van der Waals surface area contributed by atoms with Gasteiger partial charge < -0.3 is 25.2 Å². The Morgan fingerprint density at radius 1 is 1.04 bits per heavy atom. The zero-order valence-electron chi connectivity index (χ0n) is 25.3. The first kappa shape index (κ1) is 34.8. The van der Waals surface area contributed by atoms with Crippen LogP contribution in [0.5, 0.6) is 5.75 Å². The number of benzene rings is 2. The molecule has 0 spiro atoms. The van der Waals surface area contributed by atoms with Gasteiger partial charge in [-0.1, -0.05) is 44.2 Å².